The average molecular weight is 466 g/mol. The molecule has 12 heteroatoms. The highest BCUT2D eigenvalue weighted by molar-refractivity contribution is 5.94. The molecular formula is C21H31N5O7. The number of primary amides is 1. The van der Waals surface area contributed by atoms with Crippen molar-refractivity contribution in [2.45, 2.75) is 51.2 Å². The Labute approximate surface area is 191 Å². The monoisotopic (exact) mass is 465 g/mol. The van der Waals surface area contributed by atoms with Crippen molar-refractivity contribution >= 4 is 29.6 Å². The maximum atomic E-state index is 12.8. The van der Waals surface area contributed by atoms with Gasteiger partial charge in [0.2, 0.25) is 23.6 Å². The number of benzene rings is 1. The Hall–Kier alpha value is -3.67. The molecular weight excluding hydrogens is 434 g/mol. The fourth-order valence-electron chi connectivity index (χ4n) is 2.87. The summed E-state index contributed by atoms with van der Waals surface area (Å²) in [5.74, 6) is -4.38. The number of hydrogen-bond donors (Lipinski definition) is 7. The smallest absolute Gasteiger partial charge is 0.322 e. The standard InChI is InChI=1S/C21H31N5O7/c1-11(2)18(21(33)24-10-17(29)30)26-20(32)15(7-8-16(23)28)25-19(31)14(22)9-12-3-5-13(27)6-4-12/h3-6,11,14-15,18,27H,7-10,22H2,1-2H3,(H2,23,28)(H,24,33)(H,25,31)(H,26,32)(H,29,30). The Balaban J connectivity index is 2.88. The molecule has 3 atom stereocenters. The van der Waals surface area contributed by atoms with E-state index in [1.54, 1.807) is 26.0 Å². The summed E-state index contributed by atoms with van der Waals surface area (Å²) in [7, 11) is 0. The van der Waals surface area contributed by atoms with Gasteiger partial charge < -0.3 is 37.6 Å². The summed E-state index contributed by atoms with van der Waals surface area (Å²) in [6.07, 6.45) is -0.202. The Morgan fingerprint density at radius 2 is 1.58 bits per heavy atom. The molecule has 0 aliphatic rings. The first-order valence-electron chi connectivity index (χ1n) is 10.3. The number of rotatable bonds is 13. The quantitative estimate of drug-likeness (QED) is 0.179. The van der Waals surface area contributed by atoms with Crippen LogP contribution < -0.4 is 27.4 Å². The fraction of sp³-hybridized carbons (Fsp3) is 0.476. The molecule has 1 aromatic carbocycles. The predicted octanol–water partition coefficient (Wildman–Crippen LogP) is -1.65. The van der Waals surface area contributed by atoms with Gasteiger partial charge in [-0.25, -0.2) is 0 Å². The number of phenolic OH excluding ortho intramolecular Hbond substituents is 1. The second-order valence-electron chi connectivity index (χ2n) is 7.89. The molecule has 0 fully saturated rings. The van der Waals surface area contributed by atoms with E-state index in [0.29, 0.717) is 5.56 Å². The number of carboxylic acids is 1. The molecule has 0 heterocycles. The van der Waals surface area contributed by atoms with Crippen LogP contribution in [0.3, 0.4) is 0 Å². The van der Waals surface area contributed by atoms with E-state index >= 15 is 0 Å². The van der Waals surface area contributed by atoms with Gasteiger partial charge in [0.05, 0.1) is 6.04 Å². The first-order chi connectivity index (χ1) is 15.4. The molecule has 3 unspecified atom stereocenters. The van der Waals surface area contributed by atoms with Crippen molar-refractivity contribution < 1.29 is 34.2 Å². The number of carboxylic acid groups (broad SMARTS) is 1. The summed E-state index contributed by atoms with van der Waals surface area (Å²) in [4.78, 5) is 59.6. The van der Waals surface area contributed by atoms with Crippen molar-refractivity contribution in [1.29, 1.82) is 0 Å². The van der Waals surface area contributed by atoms with Crippen LogP contribution in [-0.4, -0.2) is 64.5 Å². The van der Waals surface area contributed by atoms with Crippen LogP contribution in [0, 0.1) is 5.92 Å². The van der Waals surface area contributed by atoms with E-state index in [1.165, 1.54) is 12.1 Å². The Kier molecular flexibility index (Phi) is 10.8. The molecule has 12 nitrogen and oxygen atoms in total. The first-order valence-corrected chi connectivity index (χ1v) is 10.3. The zero-order valence-electron chi connectivity index (χ0n) is 18.5. The predicted molar refractivity (Wildman–Crippen MR) is 118 cm³/mol. The lowest BCUT2D eigenvalue weighted by molar-refractivity contribution is -0.139. The van der Waals surface area contributed by atoms with E-state index in [0.717, 1.165) is 0 Å². The van der Waals surface area contributed by atoms with Crippen LogP contribution in [-0.2, 0) is 30.4 Å². The molecule has 0 saturated carbocycles. The highest BCUT2D eigenvalue weighted by Gasteiger charge is 2.30. The molecule has 33 heavy (non-hydrogen) atoms. The van der Waals surface area contributed by atoms with Crippen LogP contribution >= 0.6 is 0 Å². The molecule has 1 rings (SSSR count). The Morgan fingerprint density at radius 1 is 0.970 bits per heavy atom. The van der Waals surface area contributed by atoms with Gasteiger partial charge in [-0.3, -0.25) is 24.0 Å². The molecule has 0 aliphatic heterocycles. The maximum Gasteiger partial charge on any atom is 0.322 e. The van der Waals surface area contributed by atoms with E-state index in [4.69, 9.17) is 16.6 Å². The third-order valence-electron chi connectivity index (χ3n) is 4.70. The Bertz CT molecular complexity index is 857. The van der Waals surface area contributed by atoms with E-state index in [1.807, 2.05) is 0 Å². The SMILES string of the molecule is CC(C)C(NC(=O)C(CCC(N)=O)NC(=O)C(N)Cc1ccc(O)cc1)C(=O)NCC(=O)O. The van der Waals surface area contributed by atoms with E-state index in [9.17, 15) is 29.1 Å². The van der Waals surface area contributed by atoms with Crippen LogP contribution in [0.1, 0.15) is 32.3 Å². The largest absolute Gasteiger partial charge is 0.508 e. The van der Waals surface area contributed by atoms with Crippen LogP contribution in [0.25, 0.3) is 0 Å². The Morgan fingerprint density at radius 3 is 2.09 bits per heavy atom. The number of phenols is 1. The number of carbonyl (C=O) groups is 5. The zero-order valence-corrected chi connectivity index (χ0v) is 18.5. The lowest BCUT2D eigenvalue weighted by atomic mass is 10.0. The minimum absolute atomic E-state index is 0.0621. The minimum atomic E-state index is -1.24. The lowest BCUT2D eigenvalue weighted by Crippen LogP contribution is -2.57. The van der Waals surface area contributed by atoms with Crippen molar-refractivity contribution in [2.24, 2.45) is 17.4 Å². The van der Waals surface area contributed by atoms with E-state index < -0.39 is 60.2 Å². The van der Waals surface area contributed by atoms with Gasteiger partial charge in [0.25, 0.3) is 0 Å². The van der Waals surface area contributed by atoms with Crippen molar-refractivity contribution in [1.82, 2.24) is 16.0 Å². The number of aliphatic carboxylic acids is 1. The van der Waals surface area contributed by atoms with E-state index in [-0.39, 0.29) is 25.0 Å². The molecule has 182 valence electrons. The topological polar surface area (TPSA) is 214 Å². The highest BCUT2D eigenvalue weighted by atomic mass is 16.4. The van der Waals surface area contributed by atoms with Crippen molar-refractivity contribution in [2.75, 3.05) is 6.54 Å². The summed E-state index contributed by atoms with van der Waals surface area (Å²) >= 11 is 0. The molecule has 1 aromatic rings. The van der Waals surface area contributed by atoms with Gasteiger partial charge in [0.15, 0.2) is 0 Å². The molecule has 0 saturated heterocycles. The average Bonchev–Trinajstić information content (AvgIpc) is 2.73. The van der Waals surface area contributed by atoms with Crippen LogP contribution in [0.4, 0.5) is 0 Å². The van der Waals surface area contributed by atoms with Gasteiger partial charge in [-0.1, -0.05) is 26.0 Å². The number of amides is 4. The molecule has 4 amide bonds. The third kappa shape index (κ3) is 9.99. The van der Waals surface area contributed by atoms with Gasteiger partial charge in [0.1, 0.15) is 24.4 Å². The highest BCUT2D eigenvalue weighted by Crippen LogP contribution is 2.11. The number of nitrogens with two attached hydrogens (primary N) is 2. The third-order valence-corrected chi connectivity index (χ3v) is 4.70. The molecule has 0 radical (unpaired) electrons. The number of carbonyl (C=O) groups excluding carboxylic acids is 4. The molecule has 0 spiro atoms. The minimum Gasteiger partial charge on any atom is -0.508 e. The second kappa shape index (κ2) is 13.0. The number of hydrogen-bond acceptors (Lipinski definition) is 7. The molecule has 9 N–H and O–H groups in total. The van der Waals surface area contributed by atoms with Gasteiger partial charge in [0, 0.05) is 6.42 Å². The van der Waals surface area contributed by atoms with Gasteiger partial charge in [-0.05, 0) is 36.5 Å². The molecule has 0 aromatic heterocycles. The van der Waals surface area contributed by atoms with Gasteiger partial charge >= 0.3 is 5.97 Å². The summed E-state index contributed by atoms with van der Waals surface area (Å²) in [5.41, 5.74) is 11.8. The summed E-state index contributed by atoms with van der Waals surface area (Å²) in [5, 5.41) is 25.2. The maximum absolute atomic E-state index is 12.8. The van der Waals surface area contributed by atoms with Crippen LogP contribution in [0.15, 0.2) is 24.3 Å². The summed E-state index contributed by atoms with van der Waals surface area (Å²) < 4.78 is 0. The number of aromatic hydroxyl groups is 1. The fourth-order valence-corrected chi connectivity index (χ4v) is 2.87. The van der Waals surface area contributed by atoms with E-state index in [2.05, 4.69) is 16.0 Å². The van der Waals surface area contributed by atoms with Gasteiger partial charge in [-0.15, -0.1) is 0 Å². The molecule has 0 bridgehead atoms. The summed E-state index contributed by atoms with van der Waals surface area (Å²) in [6.45, 7) is 2.68. The first kappa shape index (κ1) is 27.4. The zero-order chi connectivity index (χ0) is 25.1. The van der Waals surface area contributed by atoms with Crippen molar-refractivity contribution in [3.63, 3.8) is 0 Å². The van der Waals surface area contributed by atoms with Crippen LogP contribution in [0.2, 0.25) is 0 Å². The van der Waals surface area contributed by atoms with Gasteiger partial charge in [-0.2, -0.15) is 0 Å². The summed E-state index contributed by atoms with van der Waals surface area (Å²) in [6, 6.07) is 2.79. The number of nitrogens with one attached hydrogen (secondary N) is 3. The van der Waals surface area contributed by atoms with Crippen molar-refractivity contribution in [3.8, 4) is 5.75 Å². The molecule has 0 aliphatic carbocycles. The second-order valence-corrected chi connectivity index (χ2v) is 7.89. The van der Waals surface area contributed by atoms with Crippen LogP contribution in [0.5, 0.6) is 5.75 Å². The normalized spacial score (nSPS) is 13.5. The van der Waals surface area contributed by atoms with Crippen molar-refractivity contribution in [3.05, 3.63) is 29.8 Å². The lowest BCUT2D eigenvalue weighted by Gasteiger charge is -2.25.